The average Bonchev–Trinajstić information content (AvgIpc) is 2.88. The van der Waals surface area contributed by atoms with E-state index in [2.05, 4.69) is 15.0 Å². The summed E-state index contributed by atoms with van der Waals surface area (Å²) in [6.07, 6.45) is 6.51. The van der Waals surface area contributed by atoms with Gasteiger partial charge in [0, 0.05) is 30.6 Å². The minimum absolute atomic E-state index is 0.0447. The number of ether oxygens (including phenoxy) is 2. The summed E-state index contributed by atoms with van der Waals surface area (Å²) in [6.45, 7) is 2.96. The lowest BCUT2D eigenvalue weighted by molar-refractivity contribution is -0.893. The Hall–Kier alpha value is -3.70. The lowest BCUT2D eigenvalue weighted by atomic mass is 10.1. The molecule has 0 bridgehead atoms. The van der Waals surface area contributed by atoms with Crippen molar-refractivity contribution in [3.05, 3.63) is 78.8 Å². The zero-order valence-corrected chi connectivity index (χ0v) is 21.6. The lowest BCUT2D eigenvalue weighted by Gasteiger charge is -2.18. The Bertz CT molecular complexity index is 1240. The standard InChI is InChI=1S/C26H32N4O6S/c1-2-35-26(31)18-22(17-21-9-8-13-27-20-21)29-37(33,34)24-11-7-10-23(19-24)36-16-6-4-14-28-25-12-3-5-15-30(25)32/h3,5,7-13,15,19-20,22,29,32H,2,4,6,14,16-18H2,1H3/p+1. The number of nitrogens with zero attached hydrogens (tertiary/aromatic N) is 2. The fraction of sp³-hybridized carbons (Fsp3) is 0.346. The van der Waals surface area contributed by atoms with Crippen LogP contribution in [0.4, 0.5) is 5.82 Å². The second-order valence-electron chi connectivity index (χ2n) is 8.28. The molecule has 0 aliphatic heterocycles. The molecule has 0 aliphatic carbocycles. The van der Waals surface area contributed by atoms with E-state index < -0.39 is 22.0 Å². The fourth-order valence-electron chi connectivity index (χ4n) is 3.61. The van der Waals surface area contributed by atoms with Crippen LogP contribution in [0.2, 0.25) is 0 Å². The molecular weight excluding hydrogens is 496 g/mol. The number of aromatic nitrogens is 2. The number of sulfonamides is 1. The SMILES string of the molecule is CCOC(=O)CC(Cc1cccnc1)NS(=O)(=O)c1cccc(OCCCCNc2cccc[n+]2O)c1. The van der Waals surface area contributed by atoms with Crippen LogP contribution < -0.4 is 19.5 Å². The van der Waals surface area contributed by atoms with E-state index in [0.717, 1.165) is 23.1 Å². The van der Waals surface area contributed by atoms with Gasteiger partial charge in [-0.05, 0) is 56.0 Å². The zero-order chi connectivity index (χ0) is 26.5. The van der Waals surface area contributed by atoms with E-state index in [1.807, 2.05) is 12.1 Å². The number of pyridine rings is 2. The van der Waals surface area contributed by atoms with Gasteiger partial charge < -0.3 is 14.7 Å². The van der Waals surface area contributed by atoms with Crippen LogP contribution in [0.5, 0.6) is 5.75 Å². The minimum Gasteiger partial charge on any atom is -0.494 e. The highest BCUT2D eigenvalue weighted by molar-refractivity contribution is 7.89. The van der Waals surface area contributed by atoms with Crippen molar-refractivity contribution in [3.8, 4) is 5.75 Å². The maximum Gasteiger partial charge on any atom is 0.313 e. The van der Waals surface area contributed by atoms with Crippen LogP contribution in [0.15, 0.2) is 78.1 Å². The number of nitrogens with one attached hydrogen (secondary N) is 2. The highest BCUT2D eigenvalue weighted by Crippen LogP contribution is 2.19. The molecule has 10 nitrogen and oxygen atoms in total. The minimum atomic E-state index is -3.93. The van der Waals surface area contributed by atoms with Gasteiger partial charge in [-0.2, -0.15) is 0 Å². The third-order valence-corrected chi connectivity index (χ3v) is 6.86. The molecule has 0 saturated carbocycles. The van der Waals surface area contributed by atoms with Crippen LogP contribution >= 0.6 is 0 Å². The van der Waals surface area contributed by atoms with Crippen molar-refractivity contribution in [1.82, 2.24) is 9.71 Å². The van der Waals surface area contributed by atoms with Gasteiger partial charge in [0.2, 0.25) is 10.0 Å². The maximum atomic E-state index is 13.1. The van der Waals surface area contributed by atoms with Gasteiger partial charge in [-0.25, -0.2) is 13.1 Å². The fourth-order valence-corrected chi connectivity index (χ4v) is 4.88. The summed E-state index contributed by atoms with van der Waals surface area (Å²) in [5, 5.41) is 12.8. The van der Waals surface area contributed by atoms with Crippen molar-refractivity contribution in [1.29, 1.82) is 0 Å². The smallest absolute Gasteiger partial charge is 0.313 e. The van der Waals surface area contributed by atoms with E-state index in [1.54, 1.807) is 55.8 Å². The number of esters is 1. The summed E-state index contributed by atoms with van der Waals surface area (Å²) < 4.78 is 40.7. The molecule has 0 spiro atoms. The Balaban J connectivity index is 1.55. The number of unbranched alkanes of at least 4 members (excludes halogenated alkanes) is 1. The van der Waals surface area contributed by atoms with Crippen molar-refractivity contribution >= 4 is 21.8 Å². The summed E-state index contributed by atoms with van der Waals surface area (Å²) in [5.41, 5.74) is 0.798. The monoisotopic (exact) mass is 529 g/mol. The molecule has 0 amide bonds. The third kappa shape index (κ3) is 9.36. The van der Waals surface area contributed by atoms with Crippen LogP contribution in [0.25, 0.3) is 0 Å². The van der Waals surface area contributed by atoms with Gasteiger partial charge in [0.15, 0.2) is 0 Å². The third-order valence-electron chi connectivity index (χ3n) is 5.35. The van der Waals surface area contributed by atoms with Crippen molar-refractivity contribution in [3.63, 3.8) is 0 Å². The van der Waals surface area contributed by atoms with Crippen LogP contribution in [-0.2, 0) is 26.0 Å². The van der Waals surface area contributed by atoms with Crippen LogP contribution in [0.3, 0.4) is 0 Å². The highest BCUT2D eigenvalue weighted by Gasteiger charge is 2.24. The topological polar surface area (TPSA) is 131 Å². The summed E-state index contributed by atoms with van der Waals surface area (Å²) in [4.78, 5) is 16.2. The van der Waals surface area contributed by atoms with Gasteiger partial charge in [-0.1, -0.05) is 22.9 Å². The largest absolute Gasteiger partial charge is 0.494 e. The molecule has 3 rings (SSSR count). The van der Waals surface area contributed by atoms with E-state index in [1.165, 1.54) is 12.1 Å². The number of hydrogen-bond donors (Lipinski definition) is 3. The van der Waals surface area contributed by atoms with E-state index in [9.17, 15) is 18.4 Å². The molecule has 1 atom stereocenters. The molecule has 198 valence electrons. The first-order valence-electron chi connectivity index (χ1n) is 12.1. The number of hydrogen-bond acceptors (Lipinski definition) is 8. The molecule has 3 N–H and O–H groups in total. The predicted molar refractivity (Wildman–Crippen MR) is 137 cm³/mol. The van der Waals surface area contributed by atoms with Crippen molar-refractivity contribution in [2.45, 2.75) is 43.5 Å². The zero-order valence-electron chi connectivity index (χ0n) is 20.7. The van der Waals surface area contributed by atoms with Gasteiger partial charge in [-0.3, -0.25) is 15.1 Å². The van der Waals surface area contributed by atoms with Crippen LogP contribution in [-0.4, -0.2) is 50.4 Å². The van der Waals surface area contributed by atoms with E-state index >= 15 is 0 Å². The second-order valence-corrected chi connectivity index (χ2v) is 9.99. The van der Waals surface area contributed by atoms with E-state index in [4.69, 9.17) is 9.47 Å². The first-order chi connectivity index (χ1) is 17.9. The molecule has 0 radical (unpaired) electrons. The second kappa shape index (κ2) is 14.1. The highest BCUT2D eigenvalue weighted by atomic mass is 32.2. The molecule has 1 aromatic carbocycles. The number of carbonyl (C=O) groups is 1. The van der Waals surface area contributed by atoms with Gasteiger partial charge >= 0.3 is 11.8 Å². The number of benzene rings is 1. The molecule has 0 fully saturated rings. The van der Waals surface area contributed by atoms with Crippen molar-refractivity contribution < 1.29 is 32.6 Å². The molecule has 0 saturated heterocycles. The Kier molecular flexibility index (Phi) is 10.7. The quantitative estimate of drug-likeness (QED) is 0.119. The number of anilines is 1. The van der Waals surface area contributed by atoms with E-state index in [0.29, 0.717) is 24.7 Å². The molecule has 2 aromatic heterocycles. The summed E-state index contributed by atoms with van der Waals surface area (Å²) in [6, 6.07) is 14.5. The number of carbonyl (C=O) groups excluding carboxylic acids is 1. The average molecular weight is 530 g/mol. The van der Waals surface area contributed by atoms with Gasteiger partial charge in [0.05, 0.1) is 31.1 Å². The van der Waals surface area contributed by atoms with Crippen molar-refractivity contribution in [2.75, 3.05) is 25.1 Å². The Morgan fingerprint density at radius 1 is 1.14 bits per heavy atom. The molecule has 1 unspecified atom stereocenters. The first-order valence-corrected chi connectivity index (χ1v) is 13.6. The summed E-state index contributed by atoms with van der Waals surface area (Å²) >= 11 is 0. The molecule has 3 aromatic rings. The summed E-state index contributed by atoms with van der Waals surface area (Å²) in [5.74, 6) is 0.548. The van der Waals surface area contributed by atoms with Crippen LogP contribution in [0.1, 0.15) is 31.7 Å². The number of rotatable bonds is 15. The van der Waals surface area contributed by atoms with Gasteiger partial charge in [0.25, 0.3) is 0 Å². The Morgan fingerprint density at radius 2 is 2.00 bits per heavy atom. The van der Waals surface area contributed by atoms with Gasteiger partial charge in [-0.15, -0.1) is 0 Å². The van der Waals surface area contributed by atoms with Gasteiger partial charge in [0.1, 0.15) is 11.9 Å². The molecule has 11 heteroatoms. The molecule has 37 heavy (non-hydrogen) atoms. The first kappa shape index (κ1) is 27.9. The lowest BCUT2D eigenvalue weighted by Crippen LogP contribution is -2.38. The maximum absolute atomic E-state index is 13.1. The molecule has 0 aliphatic rings. The Labute approximate surface area is 217 Å². The Morgan fingerprint density at radius 3 is 2.76 bits per heavy atom. The molecular formula is C26H33N4O6S+. The van der Waals surface area contributed by atoms with Crippen LogP contribution in [0, 0.1) is 0 Å². The van der Waals surface area contributed by atoms with E-state index in [-0.39, 0.29) is 24.3 Å². The predicted octanol–water partition coefficient (Wildman–Crippen LogP) is 2.72. The summed E-state index contributed by atoms with van der Waals surface area (Å²) in [7, 11) is -3.93. The normalized spacial score (nSPS) is 12.0. The molecule has 2 heterocycles. The van der Waals surface area contributed by atoms with Crippen molar-refractivity contribution in [2.24, 2.45) is 0 Å².